The SMILES string of the molecule is C=C(CC(C)(C)C(=O)CC(C=O)C=O)OCCN1CCN(c2cc(=O)c3nc4c(oc3c2)c2c(=O)c3c(O)c(C)c5c(c34)=C(O)[C@@](C)(O/C=C/[C@H](C)[C@@H](C)[C@@H](OC(C)=O)[C@H](C)[C@H](O)[C@H](C)[C@@H](O)[C@@H](C)/C=C/C=C(/C)C(=O)N2)O5)CC1. The number of anilines is 2. The van der Waals surface area contributed by atoms with Crippen LogP contribution >= 0.6 is 0 Å². The number of benzene rings is 3. The highest BCUT2D eigenvalue weighted by molar-refractivity contribution is 6.17. The average Bonchev–Trinajstić information content (AvgIpc) is 3.68. The van der Waals surface area contributed by atoms with Crippen molar-refractivity contribution in [1.82, 2.24) is 9.88 Å². The molecule has 20 heteroatoms. The maximum absolute atomic E-state index is 15.0. The van der Waals surface area contributed by atoms with Gasteiger partial charge >= 0.3 is 11.8 Å². The van der Waals surface area contributed by atoms with Crippen LogP contribution in [-0.4, -0.2) is 124 Å². The monoisotopic (exact) mass is 1110 g/mol. The molecule has 7 rings (SSSR count). The molecule has 0 spiro atoms. The van der Waals surface area contributed by atoms with Gasteiger partial charge in [-0.25, -0.2) is 4.98 Å². The van der Waals surface area contributed by atoms with E-state index in [-0.39, 0.29) is 86.2 Å². The van der Waals surface area contributed by atoms with Gasteiger partial charge in [0.05, 0.1) is 40.8 Å². The van der Waals surface area contributed by atoms with Gasteiger partial charge in [-0.05, 0) is 31.8 Å². The number of phenols is 1. The molecule has 4 heterocycles. The molecule has 0 radical (unpaired) electrons. The summed E-state index contributed by atoms with van der Waals surface area (Å²) < 4.78 is 30.7. The van der Waals surface area contributed by atoms with Crippen LogP contribution in [0, 0.1) is 47.8 Å². The van der Waals surface area contributed by atoms with E-state index in [1.807, 2.05) is 18.7 Å². The number of esters is 1. The minimum Gasteiger partial charge on any atom is -0.507 e. The van der Waals surface area contributed by atoms with Crippen molar-refractivity contribution in [2.24, 2.45) is 40.9 Å². The lowest BCUT2D eigenvalue weighted by Crippen LogP contribution is -2.47. The van der Waals surface area contributed by atoms with E-state index in [0.29, 0.717) is 56.7 Å². The molecule has 0 unspecified atom stereocenters. The Bertz CT molecular complexity index is 3380. The molecule has 20 nitrogen and oxygen atoms in total. The summed E-state index contributed by atoms with van der Waals surface area (Å²) in [6, 6.07) is 3.03. The third-order valence-corrected chi connectivity index (χ3v) is 16.2. The van der Waals surface area contributed by atoms with E-state index in [1.54, 1.807) is 58.9 Å². The molecule has 1 amide bonds. The Hall–Kier alpha value is -7.42. The molecule has 0 saturated carbocycles. The number of aromatic nitrogens is 1. The number of allylic oxidation sites excluding steroid dienone is 4. The predicted molar refractivity (Wildman–Crippen MR) is 301 cm³/mol. The number of aldehydes is 2. The molecular weight excluding hydrogens is 1030 g/mol. The van der Waals surface area contributed by atoms with Crippen molar-refractivity contribution in [2.45, 2.75) is 113 Å². The number of carbonyl (C=O) groups excluding carboxylic acids is 5. The van der Waals surface area contributed by atoms with E-state index >= 15 is 4.79 Å². The number of ketones is 1. The minimum atomic E-state index is -1.97. The second kappa shape index (κ2) is 24.1. The molecule has 5 N–H and O–H groups in total. The Morgan fingerprint density at radius 2 is 1.61 bits per heavy atom. The first-order chi connectivity index (χ1) is 37.6. The van der Waals surface area contributed by atoms with Crippen LogP contribution in [0.1, 0.15) is 87.6 Å². The second-order valence-electron chi connectivity index (χ2n) is 22.5. The molecule has 9 atom stereocenters. The third kappa shape index (κ3) is 12.2. The van der Waals surface area contributed by atoms with E-state index < -0.39 is 99.0 Å². The van der Waals surface area contributed by atoms with Crippen LogP contribution in [0.5, 0.6) is 11.5 Å². The van der Waals surface area contributed by atoms with Crippen molar-refractivity contribution < 1.29 is 67.8 Å². The zero-order chi connectivity index (χ0) is 58.9. The lowest BCUT2D eigenvalue weighted by atomic mass is 9.77. The number of aliphatic hydroxyl groups excluding tert-OH is 3. The van der Waals surface area contributed by atoms with E-state index in [9.17, 15) is 49.2 Å². The molecule has 80 heavy (non-hydrogen) atoms. The van der Waals surface area contributed by atoms with Crippen LogP contribution in [0.25, 0.3) is 38.7 Å². The number of aromatic hydroxyl groups is 1. The van der Waals surface area contributed by atoms with Crippen molar-refractivity contribution in [3.63, 3.8) is 0 Å². The first kappa shape index (κ1) is 60.2. The van der Waals surface area contributed by atoms with Crippen LogP contribution in [0.2, 0.25) is 0 Å². The Labute approximate surface area is 463 Å². The average molecular weight is 1110 g/mol. The van der Waals surface area contributed by atoms with Crippen LogP contribution in [0.15, 0.2) is 74.6 Å². The second-order valence-corrected chi connectivity index (χ2v) is 22.5. The van der Waals surface area contributed by atoms with Crippen LogP contribution in [0.3, 0.4) is 0 Å². The summed E-state index contributed by atoms with van der Waals surface area (Å²) in [6.45, 7) is 24.9. The van der Waals surface area contributed by atoms with Gasteiger partial charge in [0.25, 0.3) is 5.91 Å². The highest BCUT2D eigenvalue weighted by Crippen LogP contribution is 2.43. The Morgan fingerprint density at radius 1 is 0.938 bits per heavy atom. The summed E-state index contributed by atoms with van der Waals surface area (Å²) in [6.07, 6.45) is 5.60. The maximum atomic E-state index is 15.0. The van der Waals surface area contributed by atoms with Crippen LogP contribution < -0.4 is 31.0 Å². The third-order valence-electron chi connectivity index (χ3n) is 16.2. The fourth-order valence-electron chi connectivity index (χ4n) is 10.7. The zero-order valence-electron chi connectivity index (χ0n) is 47.3. The van der Waals surface area contributed by atoms with E-state index in [4.69, 9.17) is 28.3 Å². The van der Waals surface area contributed by atoms with Crippen molar-refractivity contribution in [2.75, 3.05) is 49.5 Å². The van der Waals surface area contributed by atoms with Crippen molar-refractivity contribution in [3.05, 3.63) is 91.8 Å². The van der Waals surface area contributed by atoms with Gasteiger partial charge in [-0.1, -0.05) is 73.3 Å². The van der Waals surface area contributed by atoms with Gasteiger partial charge in [0.15, 0.2) is 22.4 Å². The van der Waals surface area contributed by atoms with Gasteiger partial charge in [-0.2, -0.15) is 0 Å². The summed E-state index contributed by atoms with van der Waals surface area (Å²) in [7, 11) is 0. The van der Waals surface area contributed by atoms with Crippen molar-refractivity contribution in [3.8, 4) is 11.5 Å². The zero-order valence-corrected chi connectivity index (χ0v) is 47.3. The number of nitrogens with one attached hydrogen (secondary N) is 1. The molecule has 5 bridgehead atoms. The molecular formula is C60H74N4O16. The van der Waals surface area contributed by atoms with Crippen LogP contribution in [0.4, 0.5) is 11.4 Å². The Morgan fingerprint density at radius 3 is 2.26 bits per heavy atom. The summed E-state index contributed by atoms with van der Waals surface area (Å²) in [5.41, 5.74) is -2.75. The number of hydrogen-bond acceptors (Lipinski definition) is 19. The lowest BCUT2D eigenvalue weighted by molar-refractivity contribution is -0.158. The smallest absolute Gasteiger partial charge is 0.307 e. The first-order valence-corrected chi connectivity index (χ1v) is 27.0. The summed E-state index contributed by atoms with van der Waals surface area (Å²) in [5.74, 6) is -7.96. The summed E-state index contributed by atoms with van der Waals surface area (Å²) >= 11 is 0. The van der Waals surface area contributed by atoms with Gasteiger partial charge in [-0.15, -0.1) is 0 Å². The number of nitrogens with zero attached hydrogens (tertiary/aromatic N) is 3. The fourth-order valence-corrected chi connectivity index (χ4v) is 10.7. The maximum Gasteiger partial charge on any atom is 0.307 e. The molecule has 4 aromatic rings. The van der Waals surface area contributed by atoms with E-state index in [2.05, 4.69) is 16.8 Å². The number of phenolic OH excluding ortho intramolecular Hbond substituents is 1. The highest BCUT2D eigenvalue weighted by atomic mass is 16.7. The Balaban J connectivity index is 1.27. The van der Waals surface area contributed by atoms with E-state index in [0.717, 1.165) is 0 Å². The molecule has 3 aromatic carbocycles. The van der Waals surface area contributed by atoms with Crippen molar-refractivity contribution in [1.29, 1.82) is 0 Å². The van der Waals surface area contributed by atoms with Gasteiger partial charge in [-0.3, -0.25) is 28.9 Å². The lowest BCUT2D eigenvalue weighted by Gasteiger charge is -2.37. The van der Waals surface area contributed by atoms with Crippen LogP contribution in [-0.2, 0) is 38.2 Å². The Kier molecular flexibility index (Phi) is 18.2. The molecule has 0 aliphatic carbocycles. The number of aliphatic hydroxyl groups is 3. The van der Waals surface area contributed by atoms with Gasteiger partial charge < -0.3 is 63.6 Å². The van der Waals surface area contributed by atoms with Gasteiger partial charge in [0, 0.05) is 117 Å². The largest absolute Gasteiger partial charge is 0.507 e. The minimum absolute atomic E-state index is 0.0301. The topological polar surface area (TPSA) is 282 Å². The number of fused-ring (bicyclic) bond motifs is 5. The number of hydrogen-bond donors (Lipinski definition) is 5. The number of Topliss-reactive ketones (excluding diaryl/α,β-unsaturated/α-hetero) is 1. The number of carbonyl (C=O) groups is 5. The highest BCUT2D eigenvalue weighted by Gasteiger charge is 2.44. The number of amides is 1. The molecule has 1 saturated heterocycles. The standard InChI is InChI=1S/C60H74N4O16/c1-30-16-22-77-60(12)57(74)46-44-45(52(72)37(8)55(46)80-60)53(73)49(62-58(75)32(3)15-13-14-31(2)50(70)35(6)51(71)36(7)54(34(30)5)78-38(9)67)56-48(44)61-47-41(68)25-40(26-42(47)79-56)64-19-17-63(18-20-64)21-23-76-33(4)27-59(10,11)43(69)24-39(28-65)29-66/h13-16,22,25-26,28-31,34-36,39,50-51,54,70-72,74H,4,17-21,23-24,27H2,1-3,5-12H3,(H,62,75)/b14-13+,22-16+,32-15-/t30-,31-,34+,35+,36+,50-,51+,54+,60-/m0/s1. The van der Waals surface area contributed by atoms with E-state index in [1.165, 1.54) is 46.1 Å². The van der Waals surface area contributed by atoms with Gasteiger partial charge in [0.1, 0.15) is 53.8 Å². The summed E-state index contributed by atoms with van der Waals surface area (Å²) in [4.78, 5) is 99.9. The van der Waals surface area contributed by atoms with Crippen molar-refractivity contribution >= 4 is 80.3 Å². The predicted octanol–water partition coefficient (Wildman–Crippen LogP) is 6.22. The fraction of sp³-hybridized carbons (Fsp3) is 0.500. The molecule has 1 fully saturated rings. The summed E-state index contributed by atoms with van der Waals surface area (Å²) in [5, 5.41) is 49.4. The molecule has 430 valence electrons. The molecule has 3 aliphatic rings. The van der Waals surface area contributed by atoms with Gasteiger partial charge in [0.2, 0.25) is 10.9 Å². The first-order valence-electron chi connectivity index (χ1n) is 27.0. The number of rotatable bonds is 13. The molecule has 3 aliphatic heterocycles. The normalized spacial score (nSPS) is 26.8. The number of ether oxygens (including phenoxy) is 4. The molecule has 1 aromatic heterocycles. The number of piperazine rings is 1. The quantitative estimate of drug-likeness (QED) is 0.0248.